The number of ether oxygens (including phenoxy) is 1. The largest absolute Gasteiger partial charge is 0.461 e. The summed E-state index contributed by atoms with van der Waals surface area (Å²) in [5, 5.41) is 0.911. The summed E-state index contributed by atoms with van der Waals surface area (Å²) in [5.74, 6) is -0.462. The van der Waals surface area contributed by atoms with Crippen LogP contribution in [0.1, 0.15) is 29.9 Å². The SMILES string of the molecule is CCOC(=O)c1cc(C)c2cc(N(C)C(C)=O)ccc2n1. The van der Waals surface area contributed by atoms with Gasteiger partial charge < -0.3 is 9.64 Å². The Balaban J connectivity index is 2.51. The van der Waals surface area contributed by atoms with Crippen LogP contribution in [-0.4, -0.2) is 30.5 Å². The monoisotopic (exact) mass is 286 g/mol. The Labute approximate surface area is 123 Å². The van der Waals surface area contributed by atoms with E-state index in [1.165, 1.54) is 6.92 Å². The van der Waals surface area contributed by atoms with Crippen molar-refractivity contribution in [3.8, 4) is 0 Å². The number of aryl methyl sites for hydroxylation is 1. The lowest BCUT2D eigenvalue weighted by Gasteiger charge is -2.16. The molecular formula is C16H18N2O3. The molecule has 110 valence electrons. The molecule has 0 fully saturated rings. The summed E-state index contributed by atoms with van der Waals surface area (Å²) < 4.78 is 4.97. The molecule has 0 spiro atoms. The van der Waals surface area contributed by atoms with Gasteiger partial charge in [-0.05, 0) is 43.7 Å². The quantitative estimate of drug-likeness (QED) is 0.814. The van der Waals surface area contributed by atoms with Crippen LogP contribution in [0.15, 0.2) is 24.3 Å². The van der Waals surface area contributed by atoms with Gasteiger partial charge in [0, 0.05) is 25.0 Å². The molecule has 2 aromatic rings. The predicted octanol–water partition coefficient (Wildman–Crippen LogP) is 2.70. The van der Waals surface area contributed by atoms with E-state index in [1.807, 2.05) is 19.1 Å². The minimum Gasteiger partial charge on any atom is -0.461 e. The van der Waals surface area contributed by atoms with Gasteiger partial charge in [-0.3, -0.25) is 4.79 Å². The Hall–Kier alpha value is -2.43. The first-order chi connectivity index (χ1) is 9.93. The first-order valence-electron chi connectivity index (χ1n) is 6.77. The third kappa shape index (κ3) is 3.02. The zero-order valence-corrected chi connectivity index (χ0v) is 12.6. The van der Waals surface area contributed by atoms with Gasteiger partial charge in [0.05, 0.1) is 12.1 Å². The molecule has 0 bridgehead atoms. The molecule has 0 radical (unpaired) electrons. The Bertz CT molecular complexity index is 710. The van der Waals surface area contributed by atoms with Crippen LogP contribution < -0.4 is 4.90 Å². The molecule has 5 nitrogen and oxygen atoms in total. The number of pyridine rings is 1. The predicted molar refractivity (Wildman–Crippen MR) is 81.5 cm³/mol. The van der Waals surface area contributed by atoms with Crippen molar-refractivity contribution in [3.63, 3.8) is 0 Å². The van der Waals surface area contributed by atoms with Gasteiger partial charge in [-0.2, -0.15) is 0 Å². The van der Waals surface area contributed by atoms with Crippen molar-refractivity contribution in [2.24, 2.45) is 0 Å². The number of hydrogen-bond acceptors (Lipinski definition) is 4. The van der Waals surface area contributed by atoms with E-state index in [4.69, 9.17) is 4.74 Å². The fourth-order valence-corrected chi connectivity index (χ4v) is 2.08. The molecule has 21 heavy (non-hydrogen) atoms. The molecule has 2 rings (SSSR count). The number of aromatic nitrogens is 1. The van der Waals surface area contributed by atoms with Crippen molar-refractivity contribution in [3.05, 3.63) is 35.5 Å². The first kappa shape index (κ1) is 15.0. The third-order valence-electron chi connectivity index (χ3n) is 3.34. The molecule has 0 atom stereocenters. The Morgan fingerprint density at radius 1 is 1.29 bits per heavy atom. The standard InChI is InChI=1S/C16H18N2O3/c1-5-21-16(20)15-8-10(2)13-9-12(18(4)11(3)19)6-7-14(13)17-15/h6-9H,5H2,1-4H3. The number of carbonyl (C=O) groups is 2. The van der Waals surface area contributed by atoms with Crippen LogP contribution >= 0.6 is 0 Å². The van der Waals surface area contributed by atoms with Gasteiger partial charge >= 0.3 is 5.97 Å². The van der Waals surface area contributed by atoms with Crippen molar-refractivity contribution in [1.82, 2.24) is 4.98 Å². The van der Waals surface area contributed by atoms with Crippen LogP contribution in [-0.2, 0) is 9.53 Å². The van der Waals surface area contributed by atoms with Crippen molar-refractivity contribution in [2.75, 3.05) is 18.6 Å². The molecule has 0 saturated carbocycles. The van der Waals surface area contributed by atoms with Crippen molar-refractivity contribution in [2.45, 2.75) is 20.8 Å². The maximum atomic E-state index is 11.8. The van der Waals surface area contributed by atoms with Crippen LogP contribution in [0.3, 0.4) is 0 Å². The minimum atomic E-state index is -0.424. The molecule has 0 aliphatic rings. The summed E-state index contributed by atoms with van der Waals surface area (Å²) in [6.07, 6.45) is 0. The molecule has 1 heterocycles. The average molecular weight is 286 g/mol. The highest BCUT2D eigenvalue weighted by molar-refractivity contribution is 5.96. The summed E-state index contributed by atoms with van der Waals surface area (Å²) in [4.78, 5) is 29.1. The lowest BCUT2D eigenvalue weighted by molar-refractivity contribution is -0.116. The second kappa shape index (κ2) is 5.91. The molecule has 5 heteroatoms. The molecule has 0 saturated heterocycles. The third-order valence-corrected chi connectivity index (χ3v) is 3.34. The van der Waals surface area contributed by atoms with E-state index in [-0.39, 0.29) is 5.91 Å². The molecule has 1 aromatic carbocycles. The first-order valence-corrected chi connectivity index (χ1v) is 6.77. The Morgan fingerprint density at radius 3 is 2.62 bits per heavy atom. The number of esters is 1. The number of hydrogen-bond donors (Lipinski definition) is 0. The minimum absolute atomic E-state index is 0.0388. The smallest absolute Gasteiger partial charge is 0.356 e. The zero-order chi connectivity index (χ0) is 15.6. The number of fused-ring (bicyclic) bond motifs is 1. The molecule has 0 unspecified atom stereocenters. The molecular weight excluding hydrogens is 268 g/mol. The number of carbonyl (C=O) groups excluding carboxylic acids is 2. The molecule has 0 aliphatic carbocycles. The molecule has 1 amide bonds. The van der Waals surface area contributed by atoms with Crippen LogP contribution in [0.4, 0.5) is 5.69 Å². The summed E-state index contributed by atoms with van der Waals surface area (Å²) >= 11 is 0. The Kier molecular flexibility index (Phi) is 4.21. The van der Waals surface area contributed by atoms with Crippen LogP contribution in [0, 0.1) is 6.92 Å². The van der Waals surface area contributed by atoms with Crippen molar-refractivity contribution in [1.29, 1.82) is 0 Å². The van der Waals surface area contributed by atoms with Gasteiger partial charge in [-0.25, -0.2) is 9.78 Å². The number of rotatable bonds is 3. The highest BCUT2D eigenvalue weighted by atomic mass is 16.5. The highest BCUT2D eigenvalue weighted by Gasteiger charge is 2.13. The second-order valence-corrected chi connectivity index (χ2v) is 4.82. The van der Waals surface area contributed by atoms with Crippen LogP contribution in [0.25, 0.3) is 10.9 Å². The zero-order valence-electron chi connectivity index (χ0n) is 12.6. The summed E-state index contributed by atoms with van der Waals surface area (Å²) in [7, 11) is 1.72. The molecule has 0 N–H and O–H groups in total. The summed E-state index contributed by atoms with van der Waals surface area (Å²) in [6, 6.07) is 7.22. The fourth-order valence-electron chi connectivity index (χ4n) is 2.08. The highest BCUT2D eigenvalue weighted by Crippen LogP contribution is 2.24. The maximum absolute atomic E-state index is 11.8. The summed E-state index contributed by atoms with van der Waals surface area (Å²) in [6.45, 7) is 5.50. The van der Waals surface area contributed by atoms with E-state index in [9.17, 15) is 9.59 Å². The number of amides is 1. The Morgan fingerprint density at radius 2 is 2.00 bits per heavy atom. The van der Waals surface area contributed by atoms with Crippen molar-refractivity contribution >= 4 is 28.5 Å². The van der Waals surface area contributed by atoms with Crippen molar-refractivity contribution < 1.29 is 14.3 Å². The van der Waals surface area contributed by atoms with Crippen LogP contribution in [0.2, 0.25) is 0 Å². The number of anilines is 1. The van der Waals surface area contributed by atoms with E-state index in [0.717, 1.165) is 16.6 Å². The maximum Gasteiger partial charge on any atom is 0.356 e. The average Bonchev–Trinajstić information content (AvgIpc) is 2.46. The van der Waals surface area contributed by atoms with E-state index in [0.29, 0.717) is 17.8 Å². The van der Waals surface area contributed by atoms with Crippen LogP contribution in [0.5, 0.6) is 0 Å². The van der Waals surface area contributed by atoms with Gasteiger partial charge in [0.1, 0.15) is 5.69 Å². The van der Waals surface area contributed by atoms with E-state index in [2.05, 4.69) is 4.98 Å². The lowest BCUT2D eigenvalue weighted by Crippen LogP contribution is -2.22. The molecule has 1 aromatic heterocycles. The van der Waals surface area contributed by atoms with Gasteiger partial charge in [-0.15, -0.1) is 0 Å². The number of nitrogens with zero attached hydrogens (tertiary/aromatic N) is 2. The van der Waals surface area contributed by atoms with E-state index >= 15 is 0 Å². The second-order valence-electron chi connectivity index (χ2n) is 4.82. The fraction of sp³-hybridized carbons (Fsp3) is 0.312. The van der Waals surface area contributed by atoms with E-state index < -0.39 is 5.97 Å². The topological polar surface area (TPSA) is 59.5 Å². The van der Waals surface area contributed by atoms with Gasteiger partial charge in [-0.1, -0.05) is 0 Å². The van der Waals surface area contributed by atoms with E-state index in [1.54, 1.807) is 31.0 Å². The number of benzene rings is 1. The molecule has 0 aliphatic heterocycles. The lowest BCUT2D eigenvalue weighted by atomic mass is 10.1. The van der Waals surface area contributed by atoms with Gasteiger partial charge in [0.15, 0.2) is 0 Å². The van der Waals surface area contributed by atoms with Gasteiger partial charge in [0.25, 0.3) is 0 Å². The summed E-state index contributed by atoms with van der Waals surface area (Å²) in [5.41, 5.74) is 2.72. The normalized spacial score (nSPS) is 10.5. The van der Waals surface area contributed by atoms with Gasteiger partial charge in [0.2, 0.25) is 5.91 Å².